The Bertz CT molecular complexity index is 856. The Hall–Kier alpha value is -1.26. The SMILES string of the molecule is [2H]C([2H])([2H])Oc1cc2c(cc1OC([2H])([2H])[2H])[C@H]1N(CC2)C[C@]([2H])(CC(C)C)[C@H](O)C1([2H])[2H]. The van der Waals surface area contributed by atoms with Crippen LogP contribution in [-0.2, 0) is 6.42 Å². The molecular formula is C19H29NO3. The molecule has 23 heavy (non-hydrogen) atoms. The molecule has 0 aromatic heterocycles. The van der Waals surface area contributed by atoms with Crippen molar-refractivity contribution in [1.82, 2.24) is 4.90 Å². The molecule has 1 aromatic carbocycles. The van der Waals surface area contributed by atoms with Crippen LogP contribution in [0.5, 0.6) is 11.5 Å². The fourth-order valence-electron chi connectivity index (χ4n) is 3.52. The standard InChI is InChI=1S/C19H29NO3/c1-12(2)7-14-11-20-6-5-13-8-18(22-3)19(23-4)9-15(13)16(20)10-17(14)21/h8-9,12,14,16-17,21H,5-7,10-11H2,1-4H3/t14-,16-,17+/m0/s1/i3D3,4D3,10D2,14D. The van der Waals surface area contributed by atoms with Gasteiger partial charge in [0.1, 0.15) is 0 Å². The van der Waals surface area contributed by atoms with Crippen molar-refractivity contribution in [3.05, 3.63) is 23.3 Å². The number of hydrogen-bond acceptors (Lipinski definition) is 4. The van der Waals surface area contributed by atoms with Crippen molar-refractivity contribution in [2.75, 3.05) is 27.2 Å². The Balaban J connectivity index is 2.09. The van der Waals surface area contributed by atoms with E-state index in [-0.39, 0.29) is 24.0 Å². The number of rotatable bonds is 4. The van der Waals surface area contributed by atoms with Crippen LogP contribution in [0.2, 0.25) is 0 Å². The zero-order valence-electron chi connectivity index (χ0n) is 22.4. The maximum Gasteiger partial charge on any atom is 0.161 e. The average molecular weight is 328 g/mol. The van der Waals surface area contributed by atoms with Crippen molar-refractivity contribution in [1.29, 1.82) is 0 Å². The predicted octanol–water partition coefficient (Wildman–Crippen LogP) is 3.03. The van der Waals surface area contributed by atoms with Gasteiger partial charge in [-0.05, 0) is 54.3 Å². The van der Waals surface area contributed by atoms with Gasteiger partial charge in [-0.2, -0.15) is 0 Å². The second-order valence-corrected chi connectivity index (χ2v) is 6.65. The first-order valence-corrected chi connectivity index (χ1v) is 7.90. The van der Waals surface area contributed by atoms with Crippen molar-refractivity contribution >= 4 is 0 Å². The smallest absolute Gasteiger partial charge is 0.161 e. The van der Waals surface area contributed by atoms with Gasteiger partial charge in [0, 0.05) is 23.2 Å². The van der Waals surface area contributed by atoms with Crippen LogP contribution in [0, 0.1) is 11.8 Å². The van der Waals surface area contributed by atoms with Crippen LogP contribution in [0.3, 0.4) is 0 Å². The quantitative estimate of drug-likeness (QED) is 0.922. The van der Waals surface area contributed by atoms with Crippen LogP contribution < -0.4 is 9.47 Å². The van der Waals surface area contributed by atoms with Crippen molar-refractivity contribution in [3.8, 4) is 11.5 Å². The van der Waals surface area contributed by atoms with Crippen LogP contribution in [0.1, 0.15) is 56.1 Å². The molecule has 1 N–H and O–H groups in total. The number of hydrogen-bond donors (Lipinski definition) is 1. The zero-order chi connectivity index (χ0) is 24.3. The molecule has 0 unspecified atom stereocenters. The minimum atomic E-state index is -2.88. The summed E-state index contributed by atoms with van der Waals surface area (Å²) in [4.78, 5) is 1.80. The van der Waals surface area contributed by atoms with E-state index in [4.69, 9.17) is 21.8 Å². The molecule has 1 aromatic rings. The Labute approximate surface area is 152 Å². The highest BCUT2D eigenvalue weighted by Crippen LogP contribution is 2.43. The van der Waals surface area contributed by atoms with Crippen molar-refractivity contribution in [2.45, 2.75) is 45.2 Å². The second kappa shape index (κ2) is 6.70. The van der Waals surface area contributed by atoms with E-state index in [1.54, 1.807) is 4.90 Å². The van der Waals surface area contributed by atoms with Crippen molar-refractivity contribution in [3.63, 3.8) is 0 Å². The molecule has 4 heteroatoms. The maximum absolute atomic E-state index is 10.9. The van der Waals surface area contributed by atoms with Crippen molar-refractivity contribution in [2.24, 2.45) is 11.8 Å². The molecule has 2 heterocycles. The number of nitrogens with zero attached hydrogens (tertiary/aromatic N) is 1. The number of benzene rings is 1. The number of piperidine rings is 1. The summed E-state index contributed by atoms with van der Waals surface area (Å²) < 4.78 is 80.5. The summed E-state index contributed by atoms with van der Waals surface area (Å²) in [5.41, 5.74) is 0.977. The highest BCUT2D eigenvalue weighted by molar-refractivity contribution is 5.49. The van der Waals surface area contributed by atoms with Crippen LogP contribution in [-0.4, -0.2) is 43.3 Å². The number of fused-ring (bicyclic) bond motifs is 3. The Kier molecular flexibility index (Phi) is 2.54. The van der Waals surface area contributed by atoms with Gasteiger partial charge in [-0.25, -0.2) is 0 Å². The Morgan fingerprint density at radius 2 is 2.13 bits per heavy atom. The van der Waals surface area contributed by atoms with Gasteiger partial charge in [-0.15, -0.1) is 0 Å². The van der Waals surface area contributed by atoms with Gasteiger partial charge in [0.05, 0.1) is 28.4 Å². The van der Waals surface area contributed by atoms with E-state index < -0.39 is 38.5 Å². The third kappa shape index (κ3) is 3.20. The van der Waals surface area contributed by atoms with Crippen molar-refractivity contribution < 1.29 is 26.9 Å². The average Bonchev–Trinajstić information content (AvgIpc) is 2.57. The molecular weight excluding hydrogens is 290 g/mol. The minimum Gasteiger partial charge on any atom is -0.493 e. The number of aliphatic hydroxyl groups is 1. The number of ether oxygens (including phenoxy) is 2. The third-order valence-electron chi connectivity index (χ3n) is 4.53. The zero-order valence-corrected chi connectivity index (χ0v) is 13.4. The number of aliphatic hydroxyl groups excluding tert-OH is 1. The summed E-state index contributed by atoms with van der Waals surface area (Å²) in [6.45, 7) is 4.39. The molecule has 1 saturated heterocycles. The van der Waals surface area contributed by atoms with Crippen LogP contribution >= 0.6 is 0 Å². The van der Waals surface area contributed by atoms with Gasteiger partial charge in [-0.3, -0.25) is 4.90 Å². The van der Waals surface area contributed by atoms with Gasteiger partial charge in [-0.1, -0.05) is 13.8 Å². The molecule has 0 bridgehead atoms. The van der Waals surface area contributed by atoms with E-state index in [0.717, 1.165) is 0 Å². The third-order valence-corrected chi connectivity index (χ3v) is 4.53. The van der Waals surface area contributed by atoms with E-state index in [2.05, 4.69) is 0 Å². The van der Waals surface area contributed by atoms with Gasteiger partial charge < -0.3 is 14.6 Å². The normalized spacial score (nSPS) is 39.7. The molecule has 3 rings (SSSR count). The minimum absolute atomic E-state index is 0.0884. The van der Waals surface area contributed by atoms with E-state index >= 15 is 0 Å². The highest BCUT2D eigenvalue weighted by Gasteiger charge is 2.38. The summed E-state index contributed by atoms with van der Waals surface area (Å²) in [5, 5.41) is 10.9. The Morgan fingerprint density at radius 3 is 2.83 bits per heavy atom. The lowest BCUT2D eigenvalue weighted by Gasteiger charge is -2.46. The first-order valence-electron chi connectivity index (χ1n) is 12.4. The number of methoxy groups -OCH3 is 2. The predicted molar refractivity (Wildman–Crippen MR) is 91.1 cm³/mol. The lowest BCUT2D eigenvalue weighted by atomic mass is 9.79. The van der Waals surface area contributed by atoms with Crippen LogP contribution in [0.25, 0.3) is 0 Å². The van der Waals surface area contributed by atoms with E-state index in [0.29, 0.717) is 30.5 Å². The first kappa shape index (κ1) is 8.72. The summed E-state index contributed by atoms with van der Waals surface area (Å²) in [7, 11) is -5.72. The lowest BCUT2D eigenvalue weighted by molar-refractivity contribution is -0.0191. The summed E-state index contributed by atoms with van der Waals surface area (Å²) in [6.07, 6.45) is -3.05. The molecule has 4 nitrogen and oxygen atoms in total. The molecule has 2 aliphatic heterocycles. The molecule has 2 aliphatic rings. The lowest BCUT2D eigenvalue weighted by Crippen LogP contribution is -2.48. The molecule has 0 aliphatic carbocycles. The fourth-order valence-corrected chi connectivity index (χ4v) is 3.52. The summed E-state index contributed by atoms with van der Waals surface area (Å²) in [6, 6.07) is 1.72. The molecule has 128 valence electrons. The van der Waals surface area contributed by atoms with E-state index in [9.17, 15) is 5.11 Å². The largest absolute Gasteiger partial charge is 0.493 e. The molecule has 0 saturated carbocycles. The highest BCUT2D eigenvalue weighted by atomic mass is 16.5. The van der Waals surface area contributed by atoms with Crippen LogP contribution in [0.15, 0.2) is 12.1 Å². The van der Waals surface area contributed by atoms with Crippen LogP contribution in [0.4, 0.5) is 0 Å². The first-order chi connectivity index (χ1) is 14.4. The maximum atomic E-state index is 10.9. The monoisotopic (exact) mass is 328 g/mol. The van der Waals surface area contributed by atoms with Gasteiger partial charge in [0.15, 0.2) is 11.5 Å². The van der Waals surface area contributed by atoms with Gasteiger partial charge in [0.25, 0.3) is 0 Å². The summed E-state index contributed by atoms with van der Waals surface area (Å²) >= 11 is 0. The molecule has 0 amide bonds. The van der Waals surface area contributed by atoms with E-state index in [1.807, 2.05) is 13.8 Å². The van der Waals surface area contributed by atoms with E-state index in [1.165, 1.54) is 12.1 Å². The Morgan fingerprint density at radius 1 is 1.39 bits per heavy atom. The second-order valence-electron chi connectivity index (χ2n) is 6.65. The molecule has 3 atom stereocenters. The topological polar surface area (TPSA) is 41.9 Å². The van der Waals surface area contributed by atoms with Gasteiger partial charge in [0.2, 0.25) is 0 Å². The van der Waals surface area contributed by atoms with Gasteiger partial charge >= 0.3 is 0 Å². The fraction of sp³-hybridized carbons (Fsp3) is 0.684. The summed E-state index contributed by atoms with van der Waals surface area (Å²) in [5.74, 6) is -1.91. The molecule has 1 fully saturated rings. The molecule has 0 spiro atoms. The molecule has 0 radical (unpaired) electrons.